The van der Waals surface area contributed by atoms with Gasteiger partial charge < -0.3 is 0 Å². The Morgan fingerprint density at radius 1 is 0.950 bits per heavy atom. The molecular formula is C17H17Cl3. The van der Waals surface area contributed by atoms with Crippen molar-refractivity contribution in [3.63, 3.8) is 0 Å². The summed E-state index contributed by atoms with van der Waals surface area (Å²) >= 11 is 18.5. The van der Waals surface area contributed by atoms with Gasteiger partial charge in [0, 0.05) is 22.2 Å². The summed E-state index contributed by atoms with van der Waals surface area (Å²) in [7, 11) is 0. The van der Waals surface area contributed by atoms with Gasteiger partial charge in [-0.3, -0.25) is 0 Å². The lowest BCUT2D eigenvalue weighted by atomic mass is 9.78. The van der Waals surface area contributed by atoms with Gasteiger partial charge in [-0.2, -0.15) is 0 Å². The van der Waals surface area contributed by atoms with Crippen molar-refractivity contribution in [3.8, 4) is 0 Å². The van der Waals surface area contributed by atoms with Crippen LogP contribution in [0.2, 0.25) is 5.02 Å². The van der Waals surface area contributed by atoms with E-state index in [2.05, 4.69) is 31.2 Å². The van der Waals surface area contributed by atoms with Crippen molar-refractivity contribution >= 4 is 34.8 Å². The van der Waals surface area contributed by atoms with E-state index < -0.39 is 0 Å². The molecule has 2 rings (SSSR count). The Hall–Kier alpha value is -0.690. The lowest BCUT2D eigenvalue weighted by molar-refractivity contribution is 0.536. The third-order valence-electron chi connectivity index (χ3n) is 3.59. The van der Waals surface area contributed by atoms with Gasteiger partial charge in [0.25, 0.3) is 0 Å². The fraction of sp³-hybridized carbons (Fsp3) is 0.294. The van der Waals surface area contributed by atoms with Crippen LogP contribution in [0, 0.1) is 6.92 Å². The van der Waals surface area contributed by atoms with Crippen molar-refractivity contribution in [3.05, 3.63) is 70.2 Å². The minimum atomic E-state index is -0.262. The SMILES string of the molecule is Cc1cccc(CC(CCl)(CCl)c2ccc(Cl)cc2)c1. The standard InChI is InChI=1S/C17H17Cl3/c1-13-3-2-4-14(9-13)10-17(11-18,12-19)15-5-7-16(20)8-6-15/h2-9H,10-12H2,1H3. The van der Waals surface area contributed by atoms with Crippen LogP contribution in [0.1, 0.15) is 16.7 Å². The number of aryl methyl sites for hydroxylation is 1. The smallest absolute Gasteiger partial charge is 0.0406 e. The van der Waals surface area contributed by atoms with Crippen LogP contribution in [0.5, 0.6) is 0 Å². The molecule has 0 unspecified atom stereocenters. The van der Waals surface area contributed by atoms with E-state index in [4.69, 9.17) is 34.8 Å². The van der Waals surface area contributed by atoms with Gasteiger partial charge in [0.15, 0.2) is 0 Å². The van der Waals surface area contributed by atoms with Gasteiger partial charge in [-0.05, 0) is 36.6 Å². The van der Waals surface area contributed by atoms with E-state index >= 15 is 0 Å². The molecule has 0 spiro atoms. The highest BCUT2D eigenvalue weighted by molar-refractivity contribution is 6.30. The molecule has 0 saturated carbocycles. The summed E-state index contributed by atoms with van der Waals surface area (Å²) in [6.45, 7) is 2.09. The number of benzene rings is 2. The monoisotopic (exact) mass is 326 g/mol. The van der Waals surface area contributed by atoms with Gasteiger partial charge in [-0.15, -0.1) is 23.2 Å². The van der Waals surface area contributed by atoms with E-state index in [1.807, 2.05) is 24.3 Å². The largest absolute Gasteiger partial charge is 0.126 e. The summed E-state index contributed by atoms with van der Waals surface area (Å²) in [4.78, 5) is 0. The topological polar surface area (TPSA) is 0 Å². The van der Waals surface area contributed by atoms with Crippen molar-refractivity contribution < 1.29 is 0 Å². The highest BCUT2D eigenvalue weighted by atomic mass is 35.5. The molecule has 0 aliphatic carbocycles. The first kappa shape index (κ1) is 15.7. The van der Waals surface area contributed by atoms with E-state index in [0.29, 0.717) is 11.8 Å². The Morgan fingerprint density at radius 2 is 1.60 bits per heavy atom. The third kappa shape index (κ3) is 3.49. The van der Waals surface area contributed by atoms with Gasteiger partial charge >= 0.3 is 0 Å². The summed E-state index contributed by atoms with van der Waals surface area (Å²) in [5.41, 5.74) is 3.37. The quantitative estimate of drug-likeness (QED) is 0.626. The number of hydrogen-bond donors (Lipinski definition) is 0. The summed E-state index contributed by atoms with van der Waals surface area (Å²) in [6.07, 6.45) is 0.823. The van der Waals surface area contributed by atoms with Crippen molar-refractivity contribution in [2.24, 2.45) is 0 Å². The maximum Gasteiger partial charge on any atom is 0.0406 e. The molecule has 106 valence electrons. The van der Waals surface area contributed by atoms with E-state index in [1.165, 1.54) is 11.1 Å². The van der Waals surface area contributed by atoms with Crippen molar-refractivity contribution in [2.45, 2.75) is 18.8 Å². The van der Waals surface area contributed by atoms with Crippen LogP contribution in [-0.2, 0) is 11.8 Å². The van der Waals surface area contributed by atoms with Crippen LogP contribution in [0.4, 0.5) is 0 Å². The molecule has 3 heteroatoms. The number of hydrogen-bond acceptors (Lipinski definition) is 0. The molecular weight excluding hydrogens is 311 g/mol. The predicted molar refractivity (Wildman–Crippen MR) is 89.5 cm³/mol. The van der Waals surface area contributed by atoms with Gasteiger partial charge in [0.2, 0.25) is 0 Å². The molecule has 2 aromatic rings. The molecule has 0 atom stereocenters. The highest BCUT2D eigenvalue weighted by Crippen LogP contribution is 2.32. The third-order valence-corrected chi connectivity index (χ3v) is 4.87. The molecule has 20 heavy (non-hydrogen) atoms. The highest BCUT2D eigenvalue weighted by Gasteiger charge is 2.31. The molecule has 0 N–H and O–H groups in total. The van der Waals surface area contributed by atoms with Crippen LogP contribution in [-0.4, -0.2) is 11.8 Å². The first-order chi connectivity index (χ1) is 9.59. The second-order valence-corrected chi connectivity index (χ2v) is 6.19. The van der Waals surface area contributed by atoms with Crippen molar-refractivity contribution in [1.29, 1.82) is 0 Å². The summed E-state index contributed by atoms with van der Waals surface area (Å²) in [5.74, 6) is 0.956. The maximum atomic E-state index is 6.27. The molecule has 0 amide bonds. The molecule has 0 saturated heterocycles. The van der Waals surface area contributed by atoms with Crippen LogP contribution in [0.3, 0.4) is 0 Å². The molecule has 0 aliphatic heterocycles. The van der Waals surface area contributed by atoms with Crippen molar-refractivity contribution in [2.75, 3.05) is 11.8 Å². The lowest BCUT2D eigenvalue weighted by Gasteiger charge is -2.30. The zero-order chi connectivity index (χ0) is 14.6. The zero-order valence-electron chi connectivity index (χ0n) is 11.4. The Bertz CT molecular complexity index is 557. The van der Waals surface area contributed by atoms with E-state index in [1.54, 1.807) is 0 Å². The average molecular weight is 328 g/mol. The Labute approximate surface area is 135 Å². The second kappa shape index (κ2) is 6.85. The van der Waals surface area contributed by atoms with Crippen LogP contribution >= 0.6 is 34.8 Å². The molecule has 0 aromatic heterocycles. The van der Waals surface area contributed by atoms with Crippen LogP contribution in [0.15, 0.2) is 48.5 Å². The Kier molecular flexibility index (Phi) is 5.37. The first-order valence-electron chi connectivity index (χ1n) is 6.53. The van der Waals surface area contributed by atoms with E-state index in [-0.39, 0.29) is 5.41 Å². The maximum absolute atomic E-state index is 6.27. The van der Waals surface area contributed by atoms with Gasteiger partial charge in [-0.1, -0.05) is 53.6 Å². The molecule has 0 heterocycles. The average Bonchev–Trinajstić information content (AvgIpc) is 2.46. The Morgan fingerprint density at radius 3 is 2.15 bits per heavy atom. The summed E-state index contributed by atoms with van der Waals surface area (Å²) in [5, 5.41) is 0.724. The zero-order valence-corrected chi connectivity index (χ0v) is 13.6. The first-order valence-corrected chi connectivity index (χ1v) is 7.98. The number of halogens is 3. The summed E-state index contributed by atoms with van der Waals surface area (Å²) in [6, 6.07) is 16.3. The van der Waals surface area contributed by atoms with E-state index in [0.717, 1.165) is 17.0 Å². The number of rotatable bonds is 5. The molecule has 2 aromatic carbocycles. The Balaban J connectivity index is 2.36. The minimum absolute atomic E-state index is 0.262. The van der Waals surface area contributed by atoms with Gasteiger partial charge in [0.1, 0.15) is 0 Å². The minimum Gasteiger partial charge on any atom is -0.126 e. The lowest BCUT2D eigenvalue weighted by Crippen LogP contribution is -2.33. The second-order valence-electron chi connectivity index (χ2n) is 5.22. The molecule has 0 fully saturated rings. The van der Waals surface area contributed by atoms with Crippen LogP contribution < -0.4 is 0 Å². The van der Waals surface area contributed by atoms with Gasteiger partial charge in [0.05, 0.1) is 0 Å². The number of alkyl halides is 2. The molecule has 0 bridgehead atoms. The predicted octanol–water partition coefficient (Wildman–Crippen LogP) is 5.61. The van der Waals surface area contributed by atoms with Crippen LogP contribution in [0.25, 0.3) is 0 Å². The molecule has 0 radical (unpaired) electrons. The molecule has 0 aliphatic rings. The van der Waals surface area contributed by atoms with Crippen molar-refractivity contribution in [1.82, 2.24) is 0 Å². The normalized spacial score (nSPS) is 11.6. The fourth-order valence-electron chi connectivity index (χ4n) is 2.40. The summed E-state index contributed by atoms with van der Waals surface area (Å²) < 4.78 is 0. The molecule has 0 nitrogen and oxygen atoms in total. The van der Waals surface area contributed by atoms with Gasteiger partial charge in [-0.25, -0.2) is 0 Å². The van der Waals surface area contributed by atoms with E-state index in [9.17, 15) is 0 Å². The fourth-order valence-corrected chi connectivity index (χ4v) is 3.31.